The van der Waals surface area contributed by atoms with Crippen LogP contribution in [0.2, 0.25) is 5.02 Å². The number of benzene rings is 2. The number of fused-ring (bicyclic) bond motifs is 1. The highest BCUT2D eigenvalue weighted by molar-refractivity contribution is 7.91. The number of hydrogen-bond acceptors (Lipinski definition) is 5. The number of aliphatic carboxylic acids is 1. The van der Waals surface area contributed by atoms with Gasteiger partial charge in [-0.2, -0.15) is 0 Å². The van der Waals surface area contributed by atoms with E-state index in [2.05, 4.69) is 18.7 Å². The molecule has 1 N–H and O–H groups in total. The zero-order valence-electron chi connectivity index (χ0n) is 19.4. The molecule has 0 saturated carbocycles. The number of anilines is 2. The van der Waals surface area contributed by atoms with E-state index in [0.29, 0.717) is 12.2 Å². The van der Waals surface area contributed by atoms with E-state index in [1.54, 1.807) is 13.0 Å². The summed E-state index contributed by atoms with van der Waals surface area (Å²) in [5.41, 5.74) is 1.01. The van der Waals surface area contributed by atoms with Gasteiger partial charge in [0.2, 0.25) is 0 Å². The molecule has 0 bridgehead atoms. The molecule has 0 amide bonds. The van der Waals surface area contributed by atoms with E-state index in [1.807, 2.05) is 30.3 Å². The Morgan fingerprint density at radius 3 is 2.55 bits per heavy atom. The van der Waals surface area contributed by atoms with Crippen LogP contribution in [-0.2, 0) is 14.6 Å². The van der Waals surface area contributed by atoms with E-state index >= 15 is 0 Å². The molecule has 2 aromatic rings. The van der Waals surface area contributed by atoms with Crippen molar-refractivity contribution < 1.29 is 23.1 Å². The maximum atomic E-state index is 13.7. The Morgan fingerprint density at radius 1 is 1.24 bits per heavy atom. The Kier molecular flexibility index (Phi) is 7.96. The van der Waals surface area contributed by atoms with Crippen LogP contribution in [0, 0.1) is 5.41 Å². The van der Waals surface area contributed by atoms with Crippen LogP contribution in [0.4, 0.5) is 11.4 Å². The van der Waals surface area contributed by atoms with Crippen molar-refractivity contribution in [1.29, 1.82) is 0 Å². The summed E-state index contributed by atoms with van der Waals surface area (Å²) in [6.07, 6.45) is 2.61. The number of para-hydroxylation sites is 1. The molecular weight excluding hydrogens is 462 g/mol. The molecule has 0 aromatic heterocycles. The van der Waals surface area contributed by atoms with Gasteiger partial charge in [0.05, 0.1) is 27.8 Å². The van der Waals surface area contributed by atoms with Crippen LogP contribution >= 0.6 is 11.6 Å². The van der Waals surface area contributed by atoms with Crippen LogP contribution in [0.25, 0.3) is 0 Å². The van der Waals surface area contributed by atoms with E-state index in [-0.39, 0.29) is 27.8 Å². The molecule has 180 valence electrons. The van der Waals surface area contributed by atoms with E-state index in [0.717, 1.165) is 31.4 Å². The molecule has 8 heteroatoms. The third-order valence-electron chi connectivity index (χ3n) is 6.30. The first kappa shape index (κ1) is 25.4. The number of sulfone groups is 1. The van der Waals surface area contributed by atoms with Gasteiger partial charge < -0.3 is 14.7 Å². The smallest absolute Gasteiger partial charge is 0.307 e. The van der Waals surface area contributed by atoms with Crippen molar-refractivity contribution in [1.82, 2.24) is 0 Å². The van der Waals surface area contributed by atoms with E-state index in [1.165, 1.54) is 6.07 Å². The number of ether oxygens (including phenoxy) is 1. The van der Waals surface area contributed by atoms with Gasteiger partial charge in [0.1, 0.15) is 11.9 Å². The standard InChI is InChI=1S/C25H32ClNO5S/c1-4-6-12-25(5-2)16-27(19-10-8-7-9-11-19)21-14-20(26)22(32-18(3)13-24(28)29)15-23(21)33(30,31)17-25/h7-11,14-15,18H,4-6,12-13,16-17H2,1-3H3,(H,28,29). The summed E-state index contributed by atoms with van der Waals surface area (Å²) in [6, 6.07) is 12.8. The van der Waals surface area contributed by atoms with Crippen LogP contribution in [0.15, 0.2) is 47.4 Å². The highest BCUT2D eigenvalue weighted by Gasteiger charge is 2.42. The second kappa shape index (κ2) is 10.3. The van der Waals surface area contributed by atoms with Crippen molar-refractivity contribution in [3.8, 4) is 5.75 Å². The van der Waals surface area contributed by atoms with Crippen molar-refractivity contribution in [2.45, 2.75) is 63.9 Å². The van der Waals surface area contributed by atoms with Crippen LogP contribution < -0.4 is 9.64 Å². The van der Waals surface area contributed by atoms with Gasteiger partial charge >= 0.3 is 5.97 Å². The summed E-state index contributed by atoms with van der Waals surface area (Å²) >= 11 is 6.54. The summed E-state index contributed by atoms with van der Waals surface area (Å²) in [5.74, 6) is -0.781. The molecule has 6 nitrogen and oxygen atoms in total. The molecule has 3 rings (SSSR count). The summed E-state index contributed by atoms with van der Waals surface area (Å²) in [7, 11) is -3.66. The lowest BCUT2D eigenvalue weighted by Crippen LogP contribution is -2.37. The average Bonchev–Trinajstić information content (AvgIpc) is 2.85. The fourth-order valence-electron chi connectivity index (χ4n) is 4.46. The van der Waals surface area contributed by atoms with Crippen molar-refractivity contribution in [2.75, 3.05) is 17.2 Å². The van der Waals surface area contributed by atoms with E-state index in [4.69, 9.17) is 21.4 Å². The van der Waals surface area contributed by atoms with Gasteiger partial charge in [0.25, 0.3) is 0 Å². The molecule has 0 fully saturated rings. The molecule has 0 radical (unpaired) electrons. The molecule has 1 heterocycles. The SMILES string of the molecule is CCCCC1(CC)CN(c2ccccc2)c2cc(Cl)c(OC(C)CC(=O)O)cc2S(=O)(=O)C1. The molecule has 0 aliphatic carbocycles. The first-order valence-corrected chi connectivity index (χ1v) is 13.4. The number of carboxylic acids is 1. The molecular formula is C25H32ClNO5S. The number of unbranched alkanes of at least 4 members (excludes halogenated alkanes) is 1. The lowest BCUT2D eigenvalue weighted by molar-refractivity contribution is -0.138. The minimum atomic E-state index is -3.66. The van der Waals surface area contributed by atoms with Gasteiger partial charge in [-0.1, -0.05) is 56.5 Å². The Morgan fingerprint density at radius 2 is 1.94 bits per heavy atom. The zero-order chi connectivity index (χ0) is 24.2. The molecule has 33 heavy (non-hydrogen) atoms. The van der Waals surface area contributed by atoms with Crippen LogP contribution in [0.1, 0.15) is 52.9 Å². The van der Waals surface area contributed by atoms with Gasteiger partial charge in [-0.15, -0.1) is 0 Å². The second-order valence-electron chi connectivity index (χ2n) is 8.91. The summed E-state index contributed by atoms with van der Waals surface area (Å²) < 4.78 is 33.2. The van der Waals surface area contributed by atoms with Crippen LogP contribution in [0.5, 0.6) is 5.75 Å². The van der Waals surface area contributed by atoms with Crippen LogP contribution in [0.3, 0.4) is 0 Å². The van der Waals surface area contributed by atoms with Gasteiger partial charge in [-0.05, 0) is 38.0 Å². The molecule has 2 atom stereocenters. The summed E-state index contributed by atoms with van der Waals surface area (Å²) in [5, 5.41) is 9.29. The van der Waals surface area contributed by atoms with Crippen molar-refractivity contribution in [3.63, 3.8) is 0 Å². The van der Waals surface area contributed by atoms with Crippen molar-refractivity contribution >= 4 is 38.8 Å². The monoisotopic (exact) mass is 493 g/mol. The van der Waals surface area contributed by atoms with Crippen molar-refractivity contribution in [2.24, 2.45) is 5.41 Å². The van der Waals surface area contributed by atoms with Gasteiger partial charge in [0, 0.05) is 23.7 Å². The number of halogens is 1. The van der Waals surface area contributed by atoms with Gasteiger partial charge in [-0.3, -0.25) is 4.79 Å². The van der Waals surface area contributed by atoms with E-state index < -0.39 is 27.3 Å². The second-order valence-corrected chi connectivity index (χ2v) is 11.3. The lowest BCUT2D eigenvalue weighted by atomic mass is 9.81. The first-order valence-electron chi connectivity index (χ1n) is 11.4. The van der Waals surface area contributed by atoms with Crippen molar-refractivity contribution in [3.05, 3.63) is 47.5 Å². The molecule has 2 aromatic carbocycles. The maximum Gasteiger partial charge on any atom is 0.307 e. The predicted octanol–water partition coefficient (Wildman–Crippen LogP) is 6.09. The minimum Gasteiger partial charge on any atom is -0.489 e. The Balaban J connectivity index is 2.17. The predicted molar refractivity (Wildman–Crippen MR) is 132 cm³/mol. The summed E-state index contributed by atoms with van der Waals surface area (Å²) in [4.78, 5) is 13.3. The quantitative estimate of drug-likeness (QED) is 0.454. The van der Waals surface area contributed by atoms with E-state index in [9.17, 15) is 13.2 Å². The molecule has 0 saturated heterocycles. The third-order valence-corrected chi connectivity index (χ3v) is 8.58. The van der Waals surface area contributed by atoms with Gasteiger partial charge in [-0.25, -0.2) is 8.42 Å². The Labute approximate surface area is 201 Å². The number of hydrogen-bond donors (Lipinski definition) is 1. The largest absolute Gasteiger partial charge is 0.489 e. The minimum absolute atomic E-state index is 0.0403. The molecule has 2 unspecified atom stereocenters. The first-order chi connectivity index (χ1) is 15.6. The topological polar surface area (TPSA) is 83.9 Å². The molecule has 1 aliphatic heterocycles. The Hall–Kier alpha value is -2.25. The third kappa shape index (κ3) is 5.82. The number of carboxylic acid groups (broad SMARTS) is 1. The highest BCUT2D eigenvalue weighted by atomic mass is 35.5. The average molecular weight is 494 g/mol. The lowest BCUT2D eigenvalue weighted by Gasteiger charge is -2.36. The fraction of sp³-hybridized carbons (Fsp3) is 0.480. The number of rotatable bonds is 9. The fourth-order valence-corrected chi connectivity index (χ4v) is 6.84. The number of nitrogens with zero attached hydrogens (tertiary/aromatic N) is 1. The molecule has 0 spiro atoms. The normalized spacial score (nSPS) is 20.5. The summed E-state index contributed by atoms with van der Waals surface area (Å²) in [6.45, 7) is 6.35. The zero-order valence-corrected chi connectivity index (χ0v) is 21.0. The maximum absolute atomic E-state index is 13.7. The Bertz CT molecular complexity index is 1090. The van der Waals surface area contributed by atoms with Gasteiger partial charge in [0.15, 0.2) is 9.84 Å². The number of carbonyl (C=O) groups is 1. The highest BCUT2D eigenvalue weighted by Crippen LogP contribution is 2.46. The van der Waals surface area contributed by atoms with Crippen LogP contribution in [-0.4, -0.2) is 37.9 Å². The molecule has 1 aliphatic rings.